The first-order valence-corrected chi connectivity index (χ1v) is 7.48. The number of halogens is 3. The van der Waals surface area contributed by atoms with Crippen LogP contribution in [0.4, 0.5) is 4.39 Å². The third-order valence-corrected chi connectivity index (χ3v) is 3.36. The zero-order valence-electron chi connectivity index (χ0n) is 14.2. The number of nitrogens with zero attached hydrogens (tertiary/aromatic N) is 1. The SMILES string of the molecule is COC(CN)CC(=O)NCc1ccc(Oc2cccnc2)c(F)c1.Cl.Cl. The molecule has 144 valence electrons. The fraction of sp³-hybridized carbons (Fsp3) is 0.294. The summed E-state index contributed by atoms with van der Waals surface area (Å²) in [4.78, 5) is 15.7. The van der Waals surface area contributed by atoms with E-state index >= 15 is 0 Å². The lowest BCUT2D eigenvalue weighted by atomic mass is 10.2. The van der Waals surface area contributed by atoms with Crippen molar-refractivity contribution in [1.29, 1.82) is 0 Å². The second-order valence-electron chi connectivity index (χ2n) is 5.13. The number of hydrogen-bond donors (Lipinski definition) is 2. The molecule has 1 aromatic heterocycles. The van der Waals surface area contributed by atoms with Gasteiger partial charge in [0.2, 0.25) is 5.91 Å². The van der Waals surface area contributed by atoms with Gasteiger partial charge in [-0.3, -0.25) is 9.78 Å². The van der Waals surface area contributed by atoms with Crippen molar-refractivity contribution in [1.82, 2.24) is 10.3 Å². The number of nitrogens with one attached hydrogen (secondary N) is 1. The van der Waals surface area contributed by atoms with E-state index in [0.717, 1.165) is 0 Å². The van der Waals surface area contributed by atoms with Crippen LogP contribution in [-0.2, 0) is 16.1 Å². The number of carbonyl (C=O) groups is 1. The van der Waals surface area contributed by atoms with Gasteiger partial charge in [-0.2, -0.15) is 0 Å². The van der Waals surface area contributed by atoms with Crippen LogP contribution in [0.2, 0.25) is 0 Å². The van der Waals surface area contributed by atoms with Crippen LogP contribution >= 0.6 is 24.8 Å². The topological polar surface area (TPSA) is 86.5 Å². The molecule has 1 unspecified atom stereocenters. The summed E-state index contributed by atoms with van der Waals surface area (Å²) in [5, 5.41) is 2.70. The van der Waals surface area contributed by atoms with E-state index in [1.165, 1.54) is 25.4 Å². The van der Waals surface area contributed by atoms with Gasteiger partial charge in [0.05, 0.1) is 18.7 Å². The molecule has 9 heteroatoms. The molecule has 3 N–H and O–H groups in total. The standard InChI is InChI=1S/C17H20FN3O3.2ClH/c1-23-14(9-19)8-17(22)21-10-12-4-5-16(15(18)7-12)24-13-3-2-6-20-11-13;;/h2-7,11,14H,8-10,19H2,1H3,(H,21,22);2*1H. The van der Waals surface area contributed by atoms with Crippen molar-refractivity contribution in [2.75, 3.05) is 13.7 Å². The van der Waals surface area contributed by atoms with Crippen molar-refractivity contribution in [3.05, 3.63) is 54.1 Å². The third kappa shape index (κ3) is 7.53. The molecule has 0 bridgehead atoms. The lowest BCUT2D eigenvalue weighted by molar-refractivity contribution is -0.123. The van der Waals surface area contributed by atoms with Crippen LogP contribution in [0.25, 0.3) is 0 Å². The molecule has 2 aromatic rings. The number of rotatable bonds is 8. The molecule has 0 spiro atoms. The Bertz CT molecular complexity index is 674. The smallest absolute Gasteiger partial charge is 0.222 e. The fourth-order valence-corrected chi connectivity index (χ4v) is 2.01. The van der Waals surface area contributed by atoms with E-state index in [1.807, 2.05) is 0 Å². The predicted molar refractivity (Wildman–Crippen MR) is 102 cm³/mol. The minimum absolute atomic E-state index is 0. The second-order valence-corrected chi connectivity index (χ2v) is 5.13. The second kappa shape index (κ2) is 12.4. The van der Waals surface area contributed by atoms with E-state index in [1.54, 1.807) is 24.4 Å². The maximum atomic E-state index is 14.1. The summed E-state index contributed by atoms with van der Waals surface area (Å²) in [6.45, 7) is 0.475. The molecule has 0 aliphatic carbocycles. The van der Waals surface area contributed by atoms with Crippen LogP contribution < -0.4 is 15.8 Å². The van der Waals surface area contributed by atoms with Gasteiger partial charge in [0.15, 0.2) is 11.6 Å². The van der Waals surface area contributed by atoms with Crippen LogP contribution in [0.3, 0.4) is 0 Å². The molecule has 0 aliphatic rings. The van der Waals surface area contributed by atoms with Crippen molar-refractivity contribution >= 4 is 30.7 Å². The predicted octanol–water partition coefficient (Wildman–Crippen LogP) is 2.84. The third-order valence-electron chi connectivity index (χ3n) is 3.36. The Balaban J connectivity index is 0.00000312. The number of methoxy groups -OCH3 is 1. The summed E-state index contributed by atoms with van der Waals surface area (Å²) in [7, 11) is 1.50. The van der Waals surface area contributed by atoms with Crippen LogP contribution in [0.5, 0.6) is 11.5 Å². The van der Waals surface area contributed by atoms with E-state index in [-0.39, 0.29) is 62.1 Å². The quantitative estimate of drug-likeness (QED) is 0.704. The molecule has 26 heavy (non-hydrogen) atoms. The van der Waals surface area contributed by atoms with Crippen molar-refractivity contribution in [3.8, 4) is 11.5 Å². The zero-order valence-corrected chi connectivity index (χ0v) is 15.8. The summed E-state index contributed by atoms with van der Waals surface area (Å²) in [5.74, 6) is -0.170. The van der Waals surface area contributed by atoms with Crippen LogP contribution in [0.1, 0.15) is 12.0 Å². The van der Waals surface area contributed by atoms with E-state index in [2.05, 4.69) is 10.3 Å². The maximum absolute atomic E-state index is 14.1. The van der Waals surface area contributed by atoms with Gasteiger partial charge in [-0.15, -0.1) is 24.8 Å². The minimum atomic E-state index is -0.512. The fourth-order valence-electron chi connectivity index (χ4n) is 2.01. The highest BCUT2D eigenvalue weighted by Gasteiger charge is 2.12. The monoisotopic (exact) mass is 405 g/mol. The van der Waals surface area contributed by atoms with Gasteiger partial charge in [0.25, 0.3) is 0 Å². The van der Waals surface area contributed by atoms with Crippen molar-refractivity contribution in [3.63, 3.8) is 0 Å². The Kier molecular flexibility index (Phi) is 11.5. The molecule has 1 atom stereocenters. The highest BCUT2D eigenvalue weighted by atomic mass is 35.5. The number of amides is 1. The highest BCUT2D eigenvalue weighted by Crippen LogP contribution is 2.24. The number of aromatic nitrogens is 1. The normalized spacial score (nSPS) is 10.9. The van der Waals surface area contributed by atoms with E-state index < -0.39 is 5.82 Å². The number of hydrogen-bond acceptors (Lipinski definition) is 5. The first-order valence-electron chi connectivity index (χ1n) is 7.48. The van der Waals surface area contributed by atoms with Crippen LogP contribution in [-0.4, -0.2) is 30.6 Å². The first-order chi connectivity index (χ1) is 11.6. The highest BCUT2D eigenvalue weighted by molar-refractivity contribution is 5.85. The van der Waals surface area contributed by atoms with E-state index in [4.69, 9.17) is 15.2 Å². The lowest BCUT2D eigenvalue weighted by Crippen LogP contribution is -2.31. The summed E-state index contributed by atoms with van der Waals surface area (Å²) in [6, 6.07) is 7.91. The number of pyridine rings is 1. The van der Waals surface area contributed by atoms with Gasteiger partial charge in [-0.25, -0.2) is 4.39 Å². The zero-order chi connectivity index (χ0) is 17.4. The molecule has 0 saturated carbocycles. The van der Waals surface area contributed by atoms with Gasteiger partial charge in [0.1, 0.15) is 5.75 Å². The molecule has 6 nitrogen and oxygen atoms in total. The molecule has 0 aliphatic heterocycles. The summed E-state index contributed by atoms with van der Waals surface area (Å²) in [5.41, 5.74) is 6.09. The molecule has 0 saturated heterocycles. The van der Waals surface area contributed by atoms with Crippen molar-refractivity contribution in [2.45, 2.75) is 19.1 Å². The van der Waals surface area contributed by atoms with Gasteiger partial charge in [0, 0.05) is 26.4 Å². The van der Waals surface area contributed by atoms with Gasteiger partial charge < -0.3 is 20.5 Å². The molecular formula is C17H22Cl2FN3O3. The number of ether oxygens (including phenoxy) is 2. The summed E-state index contributed by atoms with van der Waals surface area (Å²) in [6.07, 6.45) is 2.94. The summed E-state index contributed by atoms with van der Waals surface area (Å²) >= 11 is 0. The molecule has 1 amide bonds. The van der Waals surface area contributed by atoms with Gasteiger partial charge >= 0.3 is 0 Å². The van der Waals surface area contributed by atoms with Gasteiger partial charge in [-0.1, -0.05) is 6.07 Å². The summed E-state index contributed by atoms with van der Waals surface area (Å²) < 4.78 is 24.5. The Morgan fingerprint density at radius 3 is 2.69 bits per heavy atom. The number of nitrogens with two attached hydrogens (primary N) is 1. The Morgan fingerprint density at radius 2 is 2.12 bits per heavy atom. The Labute approximate surface area is 164 Å². The molecule has 2 rings (SSSR count). The van der Waals surface area contributed by atoms with E-state index in [0.29, 0.717) is 11.3 Å². The van der Waals surface area contributed by atoms with Crippen molar-refractivity contribution in [2.24, 2.45) is 5.73 Å². The van der Waals surface area contributed by atoms with Crippen LogP contribution in [0.15, 0.2) is 42.7 Å². The average molecular weight is 406 g/mol. The van der Waals surface area contributed by atoms with E-state index in [9.17, 15) is 9.18 Å². The molecular weight excluding hydrogens is 384 g/mol. The number of carbonyl (C=O) groups excluding carboxylic acids is 1. The molecule has 0 radical (unpaired) electrons. The largest absolute Gasteiger partial charge is 0.453 e. The Morgan fingerprint density at radius 1 is 1.35 bits per heavy atom. The Hall–Kier alpha value is -1.93. The maximum Gasteiger partial charge on any atom is 0.222 e. The lowest BCUT2D eigenvalue weighted by Gasteiger charge is -2.13. The minimum Gasteiger partial charge on any atom is -0.453 e. The molecule has 0 fully saturated rings. The number of benzene rings is 1. The van der Waals surface area contributed by atoms with Gasteiger partial charge in [-0.05, 0) is 29.8 Å². The van der Waals surface area contributed by atoms with Crippen molar-refractivity contribution < 1.29 is 18.7 Å². The molecule has 1 heterocycles. The average Bonchev–Trinajstić information content (AvgIpc) is 2.61. The molecule has 1 aromatic carbocycles. The van der Waals surface area contributed by atoms with Crippen LogP contribution in [0, 0.1) is 5.82 Å². The first kappa shape index (κ1) is 24.1.